The third-order valence-electron chi connectivity index (χ3n) is 3.34. The molecule has 1 N–H and O–H groups in total. The second-order valence-electron chi connectivity index (χ2n) is 4.62. The number of hydrogen-bond acceptors (Lipinski definition) is 4. The monoisotopic (exact) mass is 304 g/mol. The third-order valence-corrected chi connectivity index (χ3v) is 4.55. The van der Waals surface area contributed by atoms with Crippen LogP contribution in [0.2, 0.25) is 0 Å². The molecule has 2 aromatic heterocycles. The van der Waals surface area contributed by atoms with Crippen molar-refractivity contribution in [2.24, 2.45) is 0 Å². The highest BCUT2D eigenvalue weighted by molar-refractivity contribution is 7.99. The summed E-state index contributed by atoms with van der Waals surface area (Å²) in [6, 6.07) is 6.57. The summed E-state index contributed by atoms with van der Waals surface area (Å²) in [5, 5.41) is 0. The summed E-state index contributed by atoms with van der Waals surface area (Å²) >= 11 is 1.94. The molecule has 6 heteroatoms. The number of nitrogens with one attached hydrogen (secondary N) is 1. The highest BCUT2D eigenvalue weighted by Crippen LogP contribution is 2.32. The van der Waals surface area contributed by atoms with E-state index >= 15 is 0 Å². The number of halogens is 1. The van der Waals surface area contributed by atoms with Crippen molar-refractivity contribution < 1.29 is 0 Å². The predicted molar refractivity (Wildman–Crippen MR) is 83.4 cm³/mol. The number of hydrogen-bond donors (Lipinski definition) is 1. The van der Waals surface area contributed by atoms with Crippen LogP contribution in [-0.4, -0.2) is 25.7 Å². The highest BCUT2D eigenvalue weighted by Gasteiger charge is 2.12. The lowest BCUT2D eigenvalue weighted by molar-refractivity contribution is 0.890. The zero-order valence-corrected chi connectivity index (χ0v) is 12.3. The largest absolute Gasteiger partial charge is 0.335 e. The van der Waals surface area contributed by atoms with Crippen molar-refractivity contribution in [3.63, 3.8) is 0 Å². The van der Waals surface area contributed by atoms with Crippen molar-refractivity contribution in [3.05, 3.63) is 36.3 Å². The molecule has 0 bridgehead atoms. The topological polar surface area (TPSA) is 54.5 Å². The SMILES string of the molecule is Cl.c1ncc2[nH]c(-c3ccc4c(c3)CCCS4)nc2n1. The Bertz CT molecular complexity index is 723. The lowest BCUT2D eigenvalue weighted by Crippen LogP contribution is -1.98. The number of H-pyrrole nitrogens is 1. The minimum atomic E-state index is 0. The van der Waals surface area contributed by atoms with Gasteiger partial charge in [-0.1, -0.05) is 6.07 Å². The standard InChI is InChI=1S/C14H12N4S.ClH/c1-2-9-6-10(3-4-12(9)19-5-1)13-17-11-7-15-8-16-14(11)18-13;/h3-4,6-8H,1-2,5H2,(H,15,16,17,18);1H. The molecule has 0 fully saturated rings. The number of imidazole rings is 1. The van der Waals surface area contributed by atoms with Crippen LogP contribution >= 0.6 is 24.2 Å². The molecule has 0 radical (unpaired) electrons. The number of nitrogens with zero attached hydrogens (tertiary/aromatic N) is 3. The van der Waals surface area contributed by atoms with Crippen molar-refractivity contribution in [1.29, 1.82) is 0 Å². The van der Waals surface area contributed by atoms with Gasteiger partial charge in [-0.05, 0) is 36.3 Å². The molecule has 3 aromatic rings. The van der Waals surface area contributed by atoms with E-state index in [-0.39, 0.29) is 12.4 Å². The smallest absolute Gasteiger partial charge is 0.181 e. The van der Waals surface area contributed by atoms with Crippen LogP contribution in [0.3, 0.4) is 0 Å². The molecule has 4 rings (SSSR count). The molecule has 102 valence electrons. The van der Waals surface area contributed by atoms with Crippen molar-refractivity contribution in [2.75, 3.05) is 5.75 Å². The second kappa shape index (κ2) is 5.42. The highest BCUT2D eigenvalue weighted by atomic mass is 35.5. The first-order chi connectivity index (χ1) is 9.40. The van der Waals surface area contributed by atoms with E-state index in [0.29, 0.717) is 0 Å². The van der Waals surface area contributed by atoms with Crippen LogP contribution in [0.15, 0.2) is 35.6 Å². The van der Waals surface area contributed by atoms with Gasteiger partial charge < -0.3 is 4.98 Å². The van der Waals surface area contributed by atoms with Gasteiger partial charge in [0.15, 0.2) is 5.65 Å². The van der Waals surface area contributed by atoms with E-state index in [4.69, 9.17) is 0 Å². The average Bonchev–Trinajstić information content (AvgIpc) is 2.90. The maximum absolute atomic E-state index is 4.52. The van der Waals surface area contributed by atoms with Crippen LogP contribution < -0.4 is 0 Å². The Labute approximate surface area is 126 Å². The number of aromatic amines is 1. The van der Waals surface area contributed by atoms with Gasteiger partial charge in [-0.25, -0.2) is 15.0 Å². The van der Waals surface area contributed by atoms with E-state index in [9.17, 15) is 0 Å². The Morgan fingerprint density at radius 3 is 3.10 bits per heavy atom. The van der Waals surface area contributed by atoms with Gasteiger partial charge in [-0.15, -0.1) is 24.2 Å². The van der Waals surface area contributed by atoms with Crippen LogP contribution in [0.4, 0.5) is 0 Å². The van der Waals surface area contributed by atoms with Gasteiger partial charge in [-0.2, -0.15) is 0 Å². The Kier molecular flexibility index (Phi) is 3.63. The molecule has 0 aliphatic carbocycles. The summed E-state index contributed by atoms with van der Waals surface area (Å²) in [7, 11) is 0. The molecular weight excluding hydrogens is 292 g/mol. The number of benzene rings is 1. The fourth-order valence-electron chi connectivity index (χ4n) is 2.41. The summed E-state index contributed by atoms with van der Waals surface area (Å²) in [6.07, 6.45) is 5.70. The first-order valence-corrected chi connectivity index (χ1v) is 7.30. The van der Waals surface area contributed by atoms with Gasteiger partial charge in [0.25, 0.3) is 0 Å². The van der Waals surface area contributed by atoms with E-state index in [2.05, 4.69) is 38.1 Å². The van der Waals surface area contributed by atoms with E-state index < -0.39 is 0 Å². The number of fused-ring (bicyclic) bond motifs is 2. The molecule has 3 heterocycles. The minimum Gasteiger partial charge on any atom is -0.335 e. The van der Waals surface area contributed by atoms with Crippen molar-refractivity contribution in [1.82, 2.24) is 19.9 Å². The number of thioether (sulfide) groups is 1. The van der Waals surface area contributed by atoms with Crippen molar-refractivity contribution in [2.45, 2.75) is 17.7 Å². The molecule has 20 heavy (non-hydrogen) atoms. The molecule has 0 atom stereocenters. The zero-order valence-electron chi connectivity index (χ0n) is 10.7. The van der Waals surface area contributed by atoms with Gasteiger partial charge in [0.05, 0.1) is 6.20 Å². The van der Waals surface area contributed by atoms with E-state index in [0.717, 1.165) is 29.0 Å². The van der Waals surface area contributed by atoms with Gasteiger partial charge in [0, 0.05) is 10.5 Å². The van der Waals surface area contributed by atoms with Crippen LogP contribution in [0.25, 0.3) is 22.6 Å². The van der Waals surface area contributed by atoms with Gasteiger partial charge >= 0.3 is 0 Å². The average molecular weight is 305 g/mol. The molecule has 0 saturated heterocycles. The third kappa shape index (κ3) is 2.27. The first-order valence-electron chi connectivity index (χ1n) is 6.32. The van der Waals surface area contributed by atoms with Crippen LogP contribution in [-0.2, 0) is 6.42 Å². The van der Waals surface area contributed by atoms with Crippen molar-refractivity contribution in [3.8, 4) is 11.4 Å². The normalized spacial score (nSPS) is 13.8. The quantitative estimate of drug-likeness (QED) is 0.748. The fourth-order valence-corrected chi connectivity index (χ4v) is 3.43. The maximum atomic E-state index is 4.52. The lowest BCUT2D eigenvalue weighted by Gasteiger charge is -2.15. The van der Waals surface area contributed by atoms with Gasteiger partial charge in [0.1, 0.15) is 17.7 Å². The van der Waals surface area contributed by atoms with Crippen LogP contribution in [0, 0.1) is 0 Å². The summed E-state index contributed by atoms with van der Waals surface area (Å²) in [5.41, 5.74) is 4.15. The molecule has 0 amide bonds. The lowest BCUT2D eigenvalue weighted by atomic mass is 10.1. The summed E-state index contributed by atoms with van der Waals surface area (Å²) < 4.78 is 0. The number of rotatable bonds is 1. The molecule has 4 nitrogen and oxygen atoms in total. The summed E-state index contributed by atoms with van der Waals surface area (Å²) in [5.74, 6) is 2.10. The molecule has 1 aliphatic rings. The Hall–Kier alpha value is -1.59. The Morgan fingerprint density at radius 1 is 1.25 bits per heavy atom. The fraction of sp³-hybridized carbons (Fsp3) is 0.214. The van der Waals surface area contributed by atoms with E-state index in [1.807, 2.05) is 11.8 Å². The van der Waals surface area contributed by atoms with Crippen LogP contribution in [0.5, 0.6) is 0 Å². The van der Waals surface area contributed by atoms with Crippen LogP contribution in [0.1, 0.15) is 12.0 Å². The molecule has 1 aliphatic heterocycles. The number of aryl methyl sites for hydroxylation is 1. The van der Waals surface area contributed by atoms with Gasteiger partial charge in [0.2, 0.25) is 0 Å². The van der Waals surface area contributed by atoms with E-state index in [1.54, 1.807) is 6.20 Å². The molecule has 0 spiro atoms. The molecule has 0 saturated carbocycles. The maximum Gasteiger partial charge on any atom is 0.181 e. The summed E-state index contributed by atoms with van der Waals surface area (Å²) in [6.45, 7) is 0. The Morgan fingerprint density at radius 2 is 2.20 bits per heavy atom. The van der Waals surface area contributed by atoms with Crippen molar-refractivity contribution >= 4 is 35.3 Å². The summed E-state index contributed by atoms with van der Waals surface area (Å²) in [4.78, 5) is 17.4. The predicted octanol–water partition coefficient (Wildman–Crippen LogP) is 3.48. The number of aromatic nitrogens is 4. The van der Waals surface area contributed by atoms with E-state index in [1.165, 1.54) is 29.0 Å². The second-order valence-corrected chi connectivity index (χ2v) is 5.76. The molecule has 0 unspecified atom stereocenters. The first kappa shape index (κ1) is 13.4. The molecular formula is C14H13ClN4S. The zero-order chi connectivity index (χ0) is 12.7. The molecule has 1 aromatic carbocycles. The minimum absolute atomic E-state index is 0. The Balaban J connectivity index is 0.00000121. The van der Waals surface area contributed by atoms with Gasteiger partial charge in [-0.3, -0.25) is 0 Å².